The third-order valence-corrected chi connectivity index (χ3v) is 6.15. The average Bonchev–Trinajstić information content (AvgIpc) is 3.24. The lowest BCUT2D eigenvalue weighted by atomic mass is 10.0. The second-order valence-corrected chi connectivity index (χ2v) is 8.24. The van der Waals surface area contributed by atoms with E-state index in [9.17, 15) is 14.4 Å². The van der Waals surface area contributed by atoms with Gasteiger partial charge in [-0.2, -0.15) is 0 Å². The number of nitrogens with zero attached hydrogens (tertiary/aromatic N) is 2. The quantitative estimate of drug-likeness (QED) is 0.627. The lowest BCUT2D eigenvalue weighted by Crippen LogP contribution is -2.43. The Bertz CT molecular complexity index is 1070. The highest BCUT2D eigenvalue weighted by atomic mass is 16.5. The van der Waals surface area contributed by atoms with E-state index in [4.69, 9.17) is 14.2 Å². The number of ether oxygens (including phenoxy) is 3. The van der Waals surface area contributed by atoms with Gasteiger partial charge >= 0.3 is 5.97 Å². The van der Waals surface area contributed by atoms with Crippen LogP contribution in [0.2, 0.25) is 0 Å². The molecule has 33 heavy (non-hydrogen) atoms. The number of aryl methyl sites for hydroxylation is 1. The first-order valence-electron chi connectivity index (χ1n) is 11.0. The van der Waals surface area contributed by atoms with Gasteiger partial charge in [-0.25, -0.2) is 0 Å². The SMILES string of the molecule is COc1ccc(N2C[C@H](C(=O)O[C@H](C)C(=O)N3CCCc4ccccc43)CC2=O)c(OC)c1. The van der Waals surface area contributed by atoms with E-state index in [1.165, 1.54) is 12.0 Å². The highest BCUT2D eigenvalue weighted by molar-refractivity contribution is 6.02. The lowest BCUT2D eigenvalue weighted by Gasteiger charge is -2.31. The van der Waals surface area contributed by atoms with E-state index in [-0.39, 0.29) is 24.8 Å². The van der Waals surface area contributed by atoms with Crippen LogP contribution in [0.5, 0.6) is 11.5 Å². The molecule has 2 aliphatic rings. The van der Waals surface area contributed by atoms with E-state index in [0.29, 0.717) is 23.7 Å². The highest BCUT2D eigenvalue weighted by Crippen LogP contribution is 2.36. The van der Waals surface area contributed by atoms with Crippen molar-refractivity contribution in [2.45, 2.75) is 32.3 Å². The Hall–Kier alpha value is -3.55. The van der Waals surface area contributed by atoms with Crippen LogP contribution in [-0.2, 0) is 25.5 Å². The van der Waals surface area contributed by atoms with Crippen LogP contribution in [-0.4, -0.2) is 51.2 Å². The second-order valence-electron chi connectivity index (χ2n) is 8.24. The van der Waals surface area contributed by atoms with Gasteiger partial charge in [0.25, 0.3) is 5.91 Å². The third kappa shape index (κ3) is 4.51. The maximum Gasteiger partial charge on any atom is 0.312 e. The van der Waals surface area contributed by atoms with Crippen molar-refractivity contribution >= 4 is 29.2 Å². The molecule has 0 aromatic heterocycles. The van der Waals surface area contributed by atoms with Crippen LogP contribution in [0.15, 0.2) is 42.5 Å². The van der Waals surface area contributed by atoms with Gasteiger partial charge in [0.05, 0.1) is 25.8 Å². The normalized spacial score (nSPS) is 18.5. The Morgan fingerprint density at radius 1 is 1.06 bits per heavy atom. The molecule has 1 fully saturated rings. The molecule has 8 heteroatoms. The summed E-state index contributed by atoms with van der Waals surface area (Å²) in [7, 11) is 3.06. The molecule has 0 aliphatic carbocycles. The number of anilines is 2. The van der Waals surface area contributed by atoms with Crippen molar-refractivity contribution in [1.82, 2.24) is 0 Å². The van der Waals surface area contributed by atoms with Gasteiger partial charge in [0.2, 0.25) is 5.91 Å². The van der Waals surface area contributed by atoms with Crippen molar-refractivity contribution in [3.05, 3.63) is 48.0 Å². The fraction of sp³-hybridized carbons (Fsp3) is 0.400. The maximum absolute atomic E-state index is 13.0. The number of benzene rings is 2. The Balaban J connectivity index is 1.42. The van der Waals surface area contributed by atoms with Gasteiger partial charge in [-0.15, -0.1) is 0 Å². The van der Waals surface area contributed by atoms with Crippen LogP contribution >= 0.6 is 0 Å². The molecule has 0 bridgehead atoms. The first kappa shape index (κ1) is 22.6. The number of rotatable bonds is 6. The van der Waals surface area contributed by atoms with E-state index in [2.05, 4.69) is 0 Å². The number of amides is 2. The molecule has 2 aliphatic heterocycles. The summed E-state index contributed by atoms with van der Waals surface area (Å²) in [6, 6.07) is 12.9. The van der Waals surface area contributed by atoms with E-state index in [0.717, 1.165) is 24.1 Å². The first-order chi connectivity index (χ1) is 15.9. The number of esters is 1. The number of fused-ring (bicyclic) bond motifs is 1. The molecule has 0 spiro atoms. The van der Waals surface area contributed by atoms with Gasteiger partial charge in [0.15, 0.2) is 6.10 Å². The van der Waals surface area contributed by atoms with Crippen LogP contribution < -0.4 is 19.3 Å². The zero-order valence-electron chi connectivity index (χ0n) is 19.1. The second kappa shape index (κ2) is 9.52. The van der Waals surface area contributed by atoms with Gasteiger partial charge < -0.3 is 24.0 Å². The summed E-state index contributed by atoms with van der Waals surface area (Å²) < 4.78 is 16.1. The summed E-state index contributed by atoms with van der Waals surface area (Å²) in [5.74, 6) is -0.593. The number of methoxy groups -OCH3 is 2. The topological polar surface area (TPSA) is 85.4 Å². The molecule has 174 valence electrons. The van der Waals surface area contributed by atoms with Crippen LogP contribution in [0, 0.1) is 5.92 Å². The lowest BCUT2D eigenvalue weighted by molar-refractivity contribution is -0.157. The van der Waals surface area contributed by atoms with Gasteiger partial charge in [0.1, 0.15) is 11.5 Å². The van der Waals surface area contributed by atoms with Crippen molar-refractivity contribution in [3.63, 3.8) is 0 Å². The van der Waals surface area contributed by atoms with Crippen molar-refractivity contribution < 1.29 is 28.6 Å². The summed E-state index contributed by atoms with van der Waals surface area (Å²) >= 11 is 0. The number of para-hydroxylation sites is 1. The van der Waals surface area contributed by atoms with Gasteiger partial charge in [-0.3, -0.25) is 14.4 Å². The summed E-state index contributed by atoms with van der Waals surface area (Å²) in [5.41, 5.74) is 2.54. The van der Waals surface area contributed by atoms with Crippen LogP contribution in [0.3, 0.4) is 0 Å². The standard InChI is InChI=1S/C25H28N2O6/c1-16(24(29)26-12-6-8-17-7-4-5-9-20(17)26)33-25(30)18-13-23(28)27(15-18)21-11-10-19(31-2)14-22(21)32-3/h4-5,7,9-11,14,16,18H,6,8,12-13,15H2,1-3H3/t16-,18-/m1/s1. The van der Waals surface area contributed by atoms with Crippen molar-refractivity contribution in [3.8, 4) is 11.5 Å². The van der Waals surface area contributed by atoms with Crippen molar-refractivity contribution in [1.29, 1.82) is 0 Å². The Morgan fingerprint density at radius 2 is 1.85 bits per heavy atom. The average molecular weight is 453 g/mol. The predicted octanol–water partition coefficient (Wildman–Crippen LogP) is 2.97. The zero-order chi connectivity index (χ0) is 23.5. The van der Waals surface area contributed by atoms with Crippen LogP contribution in [0.25, 0.3) is 0 Å². The predicted molar refractivity (Wildman–Crippen MR) is 123 cm³/mol. The highest BCUT2D eigenvalue weighted by Gasteiger charge is 2.39. The molecule has 4 rings (SSSR count). The summed E-state index contributed by atoms with van der Waals surface area (Å²) in [6.07, 6.45) is 0.854. The fourth-order valence-electron chi connectivity index (χ4n) is 4.41. The summed E-state index contributed by atoms with van der Waals surface area (Å²) in [5, 5.41) is 0. The van der Waals surface area contributed by atoms with Gasteiger partial charge in [-0.05, 0) is 43.5 Å². The zero-order valence-corrected chi connectivity index (χ0v) is 19.1. The molecular weight excluding hydrogens is 424 g/mol. The molecule has 8 nitrogen and oxygen atoms in total. The number of hydrogen-bond donors (Lipinski definition) is 0. The number of hydrogen-bond acceptors (Lipinski definition) is 6. The fourth-order valence-corrected chi connectivity index (χ4v) is 4.41. The summed E-state index contributed by atoms with van der Waals surface area (Å²) in [4.78, 5) is 41.8. The van der Waals surface area contributed by atoms with E-state index in [1.807, 2.05) is 24.3 Å². The van der Waals surface area contributed by atoms with E-state index in [1.54, 1.807) is 37.1 Å². The largest absolute Gasteiger partial charge is 0.497 e. The van der Waals surface area contributed by atoms with Crippen LogP contribution in [0.1, 0.15) is 25.3 Å². The minimum Gasteiger partial charge on any atom is -0.497 e. The van der Waals surface area contributed by atoms with Crippen molar-refractivity contribution in [2.24, 2.45) is 5.92 Å². The molecule has 0 N–H and O–H groups in total. The minimum absolute atomic E-state index is 0.0154. The third-order valence-electron chi connectivity index (χ3n) is 6.15. The first-order valence-corrected chi connectivity index (χ1v) is 11.0. The van der Waals surface area contributed by atoms with Gasteiger partial charge in [-0.1, -0.05) is 18.2 Å². The Morgan fingerprint density at radius 3 is 2.61 bits per heavy atom. The van der Waals surface area contributed by atoms with Crippen molar-refractivity contribution in [2.75, 3.05) is 37.1 Å². The molecule has 2 amide bonds. The molecule has 0 radical (unpaired) electrons. The molecule has 2 atom stereocenters. The van der Waals surface area contributed by atoms with E-state index >= 15 is 0 Å². The minimum atomic E-state index is -0.941. The maximum atomic E-state index is 13.0. The smallest absolute Gasteiger partial charge is 0.312 e. The van der Waals surface area contributed by atoms with Crippen LogP contribution in [0.4, 0.5) is 11.4 Å². The molecule has 2 aromatic rings. The molecule has 0 saturated carbocycles. The number of carbonyl (C=O) groups excluding carboxylic acids is 3. The monoisotopic (exact) mass is 452 g/mol. The molecular formula is C25H28N2O6. The Labute approximate surface area is 193 Å². The van der Waals surface area contributed by atoms with E-state index < -0.39 is 18.0 Å². The Kier molecular flexibility index (Phi) is 6.53. The number of carbonyl (C=O) groups is 3. The molecule has 2 aromatic carbocycles. The molecule has 1 saturated heterocycles. The molecule has 2 heterocycles. The molecule has 0 unspecified atom stereocenters. The summed E-state index contributed by atoms with van der Waals surface area (Å²) in [6.45, 7) is 2.33. The van der Waals surface area contributed by atoms with Gasteiger partial charge in [0, 0.05) is 31.3 Å².